The number of nitrogens with zero attached hydrogens (tertiary/aromatic N) is 6. The molecular weight excluding hydrogens is 288 g/mol. The molecule has 3 aromatic heterocycles. The number of aromatic nitrogens is 5. The molecule has 0 fully saturated rings. The van der Waals surface area contributed by atoms with Gasteiger partial charge in [-0.1, -0.05) is 0 Å². The van der Waals surface area contributed by atoms with Crippen LogP contribution in [0.4, 0.5) is 0 Å². The number of hydrogen-bond acceptors (Lipinski definition) is 4. The molecule has 4 heterocycles. The summed E-state index contributed by atoms with van der Waals surface area (Å²) in [4.78, 5) is 10.9. The first-order valence-electron chi connectivity index (χ1n) is 7.89. The van der Waals surface area contributed by atoms with Gasteiger partial charge in [0.1, 0.15) is 5.82 Å². The van der Waals surface area contributed by atoms with Crippen LogP contribution < -0.4 is 0 Å². The molecule has 1 aliphatic heterocycles. The Bertz CT molecular complexity index is 817. The van der Waals surface area contributed by atoms with Gasteiger partial charge in [0.25, 0.3) is 0 Å². The van der Waals surface area contributed by atoms with Crippen molar-refractivity contribution in [1.82, 2.24) is 29.2 Å². The van der Waals surface area contributed by atoms with Gasteiger partial charge in [0.15, 0.2) is 0 Å². The molecule has 0 saturated heterocycles. The first-order chi connectivity index (χ1) is 11.2. The van der Waals surface area contributed by atoms with Crippen LogP contribution in [-0.2, 0) is 19.6 Å². The minimum Gasteiger partial charge on any atom is -0.330 e. The molecule has 1 aliphatic rings. The highest BCUT2D eigenvalue weighted by Gasteiger charge is 2.19. The van der Waals surface area contributed by atoms with Crippen molar-refractivity contribution < 1.29 is 0 Å². The van der Waals surface area contributed by atoms with E-state index in [2.05, 4.69) is 44.6 Å². The highest BCUT2D eigenvalue weighted by molar-refractivity contribution is 5.30. The quantitative estimate of drug-likeness (QED) is 0.743. The van der Waals surface area contributed by atoms with E-state index in [1.165, 1.54) is 11.3 Å². The van der Waals surface area contributed by atoms with E-state index in [4.69, 9.17) is 0 Å². The number of rotatable bonds is 3. The van der Waals surface area contributed by atoms with Gasteiger partial charge in [-0.25, -0.2) is 9.67 Å². The number of imidazole rings is 1. The minimum absolute atomic E-state index is 0.918. The molecule has 0 atom stereocenters. The molecule has 0 bridgehead atoms. The summed E-state index contributed by atoms with van der Waals surface area (Å²) in [5.74, 6) is 1.11. The van der Waals surface area contributed by atoms with E-state index in [9.17, 15) is 0 Å². The lowest BCUT2D eigenvalue weighted by atomic mass is 10.2. The monoisotopic (exact) mass is 308 g/mol. The van der Waals surface area contributed by atoms with Crippen LogP contribution in [0.1, 0.15) is 22.8 Å². The van der Waals surface area contributed by atoms with E-state index < -0.39 is 0 Å². The minimum atomic E-state index is 0.918. The van der Waals surface area contributed by atoms with Crippen molar-refractivity contribution >= 4 is 0 Å². The van der Waals surface area contributed by atoms with Gasteiger partial charge < -0.3 is 4.57 Å². The number of aryl methyl sites for hydroxylation is 2. The second-order valence-corrected chi connectivity index (χ2v) is 6.05. The summed E-state index contributed by atoms with van der Waals surface area (Å²) in [7, 11) is 0. The van der Waals surface area contributed by atoms with Crippen LogP contribution in [0.2, 0.25) is 0 Å². The fourth-order valence-electron chi connectivity index (χ4n) is 3.15. The summed E-state index contributed by atoms with van der Waals surface area (Å²) in [6.45, 7) is 8.07. The largest absolute Gasteiger partial charge is 0.330 e. The van der Waals surface area contributed by atoms with Crippen molar-refractivity contribution in [3.63, 3.8) is 0 Å². The van der Waals surface area contributed by atoms with Crippen molar-refractivity contribution in [3.8, 4) is 5.69 Å². The standard InChI is InChI=1S/C17H20N6/c1-13-15(11-23(20-13)16-3-5-18-6-4-16)10-21-7-8-22-14(2)19-9-17(22)12-21/h3-6,9,11H,7-8,10,12H2,1-2H3. The van der Waals surface area contributed by atoms with Crippen molar-refractivity contribution in [2.24, 2.45) is 0 Å². The molecule has 0 N–H and O–H groups in total. The first-order valence-corrected chi connectivity index (χ1v) is 7.89. The summed E-state index contributed by atoms with van der Waals surface area (Å²) >= 11 is 0. The Hall–Kier alpha value is -2.47. The van der Waals surface area contributed by atoms with E-state index in [1.54, 1.807) is 12.4 Å². The van der Waals surface area contributed by atoms with E-state index in [0.29, 0.717) is 0 Å². The van der Waals surface area contributed by atoms with Gasteiger partial charge in [-0.05, 0) is 26.0 Å². The predicted octanol–water partition coefficient (Wildman–Crippen LogP) is 2.10. The molecule has 0 saturated carbocycles. The van der Waals surface area contributed by atoms with Crippen LogP contribution in [0.3, 0.4) is 0 Å². The Labute approximate surface area is 135 Å². The average molecular weight is 308 g/mol. The topological polar surface area (TPSA) is 51.8 Å². The van der Waals surface area contributed by atoms with Crippen molar-refractivity contribution in [2.45, 2.75) is 33.5 Å². The predicted molar refractivity (Wildman–Crippen MR) is 87.2 cm³/mol. The molecule has 0 unspecified atom stereocenters. The maximum atomic E-state index is 4.64. The van der Waals surface area contributed by atoms with Gasteiger partial charge in [-0.3, -0.25) is 9.88 Å². The third-order valence-corrected chi connectivity index (χ3v) is 4.48. The van der Waals surface area contributed by atoms with E-state index in [0.717, 1.165) is 43.4 Å². The zero-order valence-electron chi connectivity index (χ0n) is 13.5. The Balaban J connectivity index is 1.53. The first kappa shape index (κ1) is 14.1. The molecule has 4 rings (SSSR count). The van der Waals surface area contributed by atoms with Crippen molar-refractivity contribution in [3.05, 3.63) is 59.7 Å². The summed E-state index contributed by atoms with van der Waals surface area (Å²) in [6, 6.07) is 3.94. The summed E-state index contributed by atoms with van der Waals surface area (Å²) in [6.07, 6.45) is 7.71. The van der Waals surface area contributed by atoms with Gasteiger partial charge in [0.2, 0.25) is 0 Å². The summed E-state index contributed by atoms with van der Waals surface area (Å²) in [5, 5.41) is 4.64. The molecule has 0 aliphatic carbocycles. The van der Waals surface area contributed by atoms with Crippen LogP contribution in [0, 0.1) is 13.8 Å². The van der Waals surface area contributed by atoms with E-state index in [1.807, 2.05) is 23.0 Å². The molecule has 0 aromatic carbocycles. The van der Waals surface area contributed by atoms with Crippen LogP contribution >= 0.6 is 0 Å². The third kappa shape index (κ3) is 2.66. The Morgan fingerprint density at radius 3 is 2.78 bits per heavy atom. The molecule has 0 spiro atoms. The second-order valence-electron chi connectivity index (χ2n) is 6.05. The smallest absolute Gasteiger partial charge is 0.105 e. The SMILES string of the molecule is Cc1nn(-c2ccncc2)cc1CN1CCn2c(cnc2C)C1. The maximum Gasteiger partial charge on any atom is 0.105 e. The van der Waals surface area contributed by atoms with Crippen molar-refractivity contribution in [1.29, 1.82) is 0 Å². The second kappa shape index (κ2) is 5.62. The highest BCUT2D eigenvalue weighted by atomic mass is 15.3. The molecule has 3 aromatic rings. The van der Waals surface area contributed by atoms with Gasteiger partial charge in [0, 0.05) is 56.5 Å². The molecule has 23 heavy (non-hydrogen) atoms. The normalized spacial score (nSPS) is 14.9. The molecule has 6 nitrogen and oxygen atoms in total. The van der Waals surface area contributed by atoms with Crippen molar-refractivity contribution in [2.75, 3.05) is 6.54 Å². The molecular formula is C17H20N6. The van der Waals surface area contributed by atoms with Crippen LogP contribution in [0.25, 0.3) is 5.69 Å². The Morgan fingerprint density at radius 1 is 1.13 bits per heavy atom. The number of fused-ring (bicyclic) bond motifs is 1. The van der Waals surface area contributed by atoms with E-state index >= 15 is 0 Å². The van der Waals surface area contributed by atoms with Gasteiger partial charge >= 0.3 is 0 Å². The third-order valence-electron chi connectivity index (χ3n) is 4.48. The Morgan fingerprint density at radius 2 is 1.96 bits per heavy atom. The lowest BCUT2D eigenvalue weighted by Crippen LogP contribution is -2.33. The molecule has 0 radical (unpaired) electrons. The highest BCUT2D eigenvalue weighted by Crippen LogP contribution is 2.19. The lowest BCUT2D eigenvalue weighted by molar-refractivity contribution is 0.211. The van der Waals surface area contributed by atoms with E-state index in [-0.39, 0.29) is 0 Å². The Kier molecular flexibility index (Phi) is 3.46. The average Bonchev–Trinajstić information content (AvgIpc) is 3.12. The maximum absolute atomic E-state index is 4.64. The lowest BCUT2D eigenvalue weighted by Gasteiger charge is -2.28. The molecule has 0 amide bonds. The zero-order valence-corrected chi connectivity index (χ0v) is 13.5. The van der Waals surface area contributed by atoms with Gasteiger partial charge in [-0.2, -0.15) is 5.10 Å². The van der Waals surface area contributed by atoms with Crippen LogP contribution in [-0.4, -0.2) is 35.8 Å². The zero-order chi connectivity index (χ0) is 15.8. The molecule has 6 heteroatoms. The van der Waals surface area contributed by atoms with Gasteiger partial charge in [0.05, 0.1) is 17.1 Å². The van der Waals surface area contributed by atoms with Gasteiger partial charge in [-0.15, -0.1) is 0 Å². The molecule has 118 valence electrons. The fourth-order valence-corrected chi connectivity index (χ4v) is 3.15. The number of pyridine rings is 1. The fraction of sp³-hybridized carbons (Fsp3) is 0.353. The van der Waals surface area contributed by atoms with Crippen LogP contribution in [0.5, 0.6) is 0 Å². The van der Waals surface area contributed by atoms with Crippen LogP contribution in [0.15, 0.2) is 36.9 Å². The summed E-state index contributed by atoms with van der Waals surface area (Å²) < 4.78 is 4.24. The number of hydrogen-bond donors (Lipinski definition) is 0. The summed E-state index contributed by atoms with van der Waals surface area (Å²) in [5.41, 5.74) is 4.69.